The Kier molecular flexibility index (Phi) is 3.07. The number of benzene rings is 1. The molecule has 0 radical (unpaired) electrons. The van der Waals surface area contributed by atoms with Gasteiger partial charge in [0.25, 0.3) is 0 Å². The Morgan fingerprint density at radius 1 is 1.44 bits per heavy atom. The van der Waals surface area contributed by atoms with Gasteiger partial charge in [-0.2, -0.15) is 0 Å². The minimum Gasteiger partial charge on any atom is -0.395 e. The first-order valence-corrected chi connectivity index (χ1v) is 5.04. The zero-order chi connectivity index (χ0) is 11.5. The van der Waals surface area contributed by atoms with Crippen LogP contribution >= 0.6 is 11.6 Å². The van der Waals surface area contributed by atoms with Crippen LogP contribution in [-0.2, 0) is 6.54 Å². The third-order valence-corrected chi connectivity index (χ3v) is 2.45. The van der Waals surface area contributed by atoms with E-state index in [9.17, 15) is 4.79 Å². The molecule has 0 aliphatic heterocycles. The van der Waals surface area contributed by atoms with E-state index in [0.29, 0.717) is 16.4 Å². The monoisotopic (exact) mass is 240 g/mol. The van der Waals surface area contributed by atoms with Gasteiger partial charge in [0.1, 0.15) is 0 Å². The highest BCUT2D eigenvalue weighted by molar-refractivity contribution is 6.33. The van der Waals surface area contributed by atoms with Crippen LogP contribution in [0.5, 0.6) is 0 Å². The van der Waals surface area contributed by atoms with Gasteiger partial charge in [-0.3, -0.25) is 9.09 Å². The lowest BCUT2D eigenvalue weighted by atomic mass is 10.2. The van der Waals surface area contributed by atoms with E-state index >= 15 is 0 Å². The zero-order valence-corrected chi connectivity index (χ0v) is 9.02. The fourth-order valence-electron chi connectivity index (χ4n) is 1.40. The Labute approximate surface area is 95.9 Å². The normalized spacial score (nSPS) is 10.6. The van der Waals surface area contributed by atoms with Crippen molar-refractivity contribution in [3.8, 4) is 11.4 Å². The van der Waals surface area contributed by atoms with Crippen LogP contribution < -0.4 is 5.76 Å². The summed E-state index contributed by atoms with van der Waals surface area (Å²) in [6, 6.07) is 6.98. The number of hydrogen-bond acceptors (Lipinski definition) is 4. The average Bonchev–Trinajstić information content (AvgIpc) is 2.62. The SMILES string of the molecule is O=c1onc(-c2ccccc2Cl)n1CCO. The average molecular weight is 241 g/mol. The first kappa shape index (κ1) is 10.9. The number of aliphatic hydroxyl groups is 1. The summed E-state index contributed by atoms with van der Waals surface area (Å²) in [7, 11) is 0. The summed E-state index contributed by atoms with van der Waals surface area (Å²) in [4.78, 5) is 11.3. The lowest BCUT2D eigenvalue weighted by Crippen LogP contribution is -2.17. The molecule has 0 bridgehead atoms. The van der Waals surface area contributed by atoms with E-state index in [2.05, 4.69) is 9.68 Å². The second kappa shape index (κ2) is 4.51. The molecule has 2 aromatic rings. The van der Waals surface area contributed by atoms with Gasteiger partial charge in [-0.05, 0) is 12.1 Å². The summed E-state index contributed by atoms with van der Waals surface area (Å²) in [5, 5.41) is 13.0. The Bertz CT molecular complexity index is 547. The molecule has 0 saturated carbocycles. The third-order valence-electron chi connectivity index (χ3n) is 2.12. The van der Waals surface area contributed by atoms with Gasteiger partial charge in [-0.1, -0.05) is 28.9 Å². The highest BCUT2D eigenvalue weighted by Gasteiger charge is 2.14. The maximum atomic E-state index is 11.3. The Balaban J connectivity index is 2.56. The summed E-state index contributed by atoms with van der Waals surface area (Å²) < 4.78 is 5.78. The van der Waals surface area contributed by atoms with Crippen molar-refractivity contribution in [1.29, 1.82) is 0 Å². The molecule has 0 fully saturated rings. The van der Waals surface area contributed by atoms with Crippen LogP contribution in [0, 0.1) is 0 Å². The van der Waals surface area contributed by atoms with Gasteiger partial charge in [-0.25, -0.2) is 4.79 Å². The van der Waals surface area contributed by atoms with Crippen molar-refractivity contribution in [2.75, 3.05) is 6.61 Å². The van der Waals surface area contributed by atoms with Gasteiger partial charge >= 0.3 is 5.76 Å². The van der Waals surface area contributed by atoms with Crippen LogP contribution in [0.3, 0.4) is 0 Å². The van der Waals surface area contributed by atoms with Crippen LogP contribution in [-0.4, -0.2) is 21.4 Å². The van der Waals surface area contributed by atoms with Crippen LogP contribution in [0.25, 0.3) is 11.4 Å². The van der Waals surface area contributed by atoms with Crippen LogP contribution in [0.1, 0.15) is 0 Å². The van der Waals surface area contributed by atoms with Crippen LogP contribution in [0.2, 0.25) is 5.02 Å². The predicted octanol–water partition coefficient (Wildman–Crippen LogP) is 1.15. The maximum absolute atomic E-state index is 11.3. The summed E-state index contributed by atoms with van der Waals surface area (Å²) >= 11 is 5.98. The van der Waals surface area contributed by atoms with Crippen LogP contribution in [0.4, 0.5) is 0 Å². The van der Waals surface area contributed by atoms with Gasteiger partial charge < -0.3 is 5.11 Å². The van der Waals surface area contributed by atoms with Gasteiger partial charge in [-0.15, -0.1) is 0 Å². The summed E-state index contributed by atoms with van der Waals surface area (Å²) in [6.07, 6.45) is 0. The molecule has 16 heavy (non-hydrogen) atoms. The first-order valence-electron chi connectivity index (χ1n) is 4.66. The second-order valence-electron chi connectivity index (χ2n) is 3.13. The standard InChI is InChI=1S/C10H9ClN2O3/c11-8-4-2-1-3-7(8)9-12-16-10(15)13(9)5-6-14/h1-4,14H,5-6H2. The predicted molar refractivity (Wildman–Crippen MR) is 58.3 cm³/mol. The maximum Gasteiger partial charge on any atom is 0.441 e. The molecule has 0 saturated heterocycles. The zero-order valence-electron chi connectivity index (χ0n) is 8.26. The topological polar surface area (TPSA) is 68.3 Å². The van der Waals surface area contributed by atoms with E-state index in [0.717, 1.165) is 0 Å². The molecule has 1 aromatic heterocycles. The lowest BCUT2D eigenvalue weighted by Gasteiger charge is -2.03. The minimum atomic E-state index is -0.607. The molecule has 6 heteroatoms. The molecule has 0 spiro atoms. The molecule has 0 aliphatic carbocycles. The van der Waals surface area contributed by atoms with E-state index in [-0.39, 0.29) is 13.2 Å². The summed E-state index contributed by atoms with van der Waals surface area (Å²) in [6.45, 7) is -0.0402. The fourth-order valence-corrected chi connectivity index (χ4v) is 1.62. The van der Waals surface area contributed by atoms with E-state index in [4.69, 9.17) is 16.7 Å². The quantitative estimate of drug-likeness (QED) is 0.874. The van der Waals surface area contributed by atoms with Crippen molar-refractivity contribution in [2.24, 2.45) is 0 Å². The minimum absolute atomic E-state index is 0.128. The van der Waals surface area contributed by atoms with Gasteiger partial charge in [0.2, 0.25) is 0 Å². The third kappa shape index (κ3) is 1.87. The van der Waals surface area contributed by atoms with Gasteiger partial charge in [0, 0.05) is 5.56 Å². The molecule has 5 nitrogen and oxygen atoms in total. The van der Waals surface area contributed by atoms with Gasteiger partial charge in [0.05, 0.1) is 18.2 Å². The second-order valence-corrected chi connectivity index (χ2v) is 3.53. The molecule has 0 unspecified atom stereocenters. The van der Waals surface area contributed by atoms with Crippen molar-refractivity contribution in [1.82, 2.24) is 9.72 Å². The largest absolute Gasteiger partial charge is 0.441 e. The Hall–Kier alpha value is -1.59. The number of rotatable bonds is 3. The molecule has 84 valence electrons. The van der Waals surface area contributed by atoms with Crippen molar-refractivity contribution in [3.63, 3.8) is 0 Å². The molecule has 0 aliphatic rings. The molecule has 1 heterocycles. The Morgan fingerprint density at radius 2 is 2.19 bits per heavy atom. The first-order chi connectivity index (χ1) is 7.74. The molecular weight excluding hydrogens is 232 g/mol. The molecule has 0 amide bonds. The number of halogens is 1. The van der Waals surface area contributed by atoms with Crippen molar-refractivity contribution < 1.29 is 9.63 Å². The van der Waals surface area contributed by atoms with Crippen molar-refractivity contribution in [2.45, 2.75) is 6.54 Å². The fraction of sp³-hybridized carbons (Fsp3) is 0.200. The molecular formula is C10H9ClN2O3. The van der Waals surface area contributed by atoms with Crippen molar-refractivity contribution >= 4 is 11.6 Å². The highest BCUT2D eigenvalue weighted by Crippen LogP contribution is 2.24. The molecule has 1 N–H and O–H groups in total. The summed E-state index contributed by atoms with van der Waals surface area (Å²) in [5.41, 5.74) is 0.600. The number of nitrogens with zero attached hydrogens (tertiary/aromatic N) is 2. The number of hydrogen-bond donors (Lipinski definition) is 1. The summed E-state index contributed by atoms with van der Waals surface area (Å²) in [5.74, 6) is -0.284. The van der Waals surface area contributed by atoms with E-state index in [1.807, 2.05) is 0 Å². The number of aliphatic hydroxyl groups excluding tert-OH is 1. The van der Waals surface area contributed by atoms with Crippen LogP contribution in [0.15, 0.2) is 33.6 Å². The Morgan fingerprint density at radius 3 is 2.88 bits per heavy atom. The molecule has 1 aromatic carbocycles. The van der Waals surface area contributed by atoms with Crippen molar-refractivity contribution in [3.05, 3.63) is 39.8 Å². The lowest BCUT2D eigenvalue weighted by molar-refractivity contribution is 0.269. The molecule has 0 atom stereocenters. The van der Waals surface area contributed by atoms with Gasteiger partial charge in [0.15, 0.2) is 5.82 Å². The number of aromatic nitrogens is 2. The van der Waals surface area contributed by atoms with E-state index in [1.54, 1.807) is 24.3 Å². The van der Waals surface area contributed by atoms with E-state index < -0.39 is 5.76 Å². The molecule has 2 rings (SSSR count). The highest BCUT2D eigenvalue weighted by atomic mass is 35.5. The van der Waals surface area contributed by atoms with E-state index in [1.165, 1.54) is 4.57 Å². The smallest absolute Gasteiger partial charge is 0.395 e.